The van der Waals surface area contributed by atoms with Crippen molar-refractivity contribution < 1.29 is 10.2 Å². The summed E-state index contributed by atoms with van der Waals surface area (Å²) in [5.41, 5.74) is 2.22. The Morgan fingerprint density at radius 3 is 2.19 bits per heavy atom. The second-order valence-corrected chi connectivity index (χ2v) is 3.46. The zero-order valence-corrected chi connectivity index (χ0v) is 8.72. The monoisotopic (exact) mass is 215 g/mol. The third-order valence-corrected chi connectivity index (χ3v) is 2.36. The third-order valence-electron chi connectivity index (χ3n) is 2.36. The predicted molar refractivity (Wildman–Crippen MR) is 63.8 cm³/mol. The van der Waals surface area contributed by atoms with Crippen LogP contribution < -0.4 is 5.32 Å². The summed E-state index contributed by atoms with van der Waals surface area (Å²) in [6, 6.07) is 14.4. The lowest BCUT2D eigenvalue weighted by Crippen LogP contribution is -1.95. The van der Waals surface area contributed by atoms with E-state index in [0.29, 0.717) is 5.69 Å². The van der Waals surface area contributed by atoms with Gasteiger partial charge in [-0.05, 0) is 18.2 Å². The van der Waals surface area contributed by atoms with Crippen LogP contribution in [0.15, 0.2) is 48.5 Å². The summed E-state index contributed by atoms with van der Waals surface area (Å²) < 4.78 is 0. The molecule has 0 unspecified atom stereocenters. The lowest BCUT2D eigenvalue weighted by molar-refractivity contribution is 0.282. The first-order valence-electron chi connectivity index (χ1n) is 5.05. The van der Waals surface area contributed by atoms with Crippen LogP contribution in [0.25, 0.3) is 0 Å². The molecule has 0 heterocycles. The number of aliphatic hydroxyl groups excluding tert-OH is 1. The van der Waals surface area contributed by atoms with Gasteiger partial charge in [0.15, 0.2) is 0 Å². The summed E-state index contributed by atoms with van der Waals surface area (Å²) >= 11 is 0. The van der Waals surface area contributed by atoms with Gasteiger partial charge in [0.1, 0.15) is 5.75 Å². The Balaban J connectivity index is 2.30. The molecule has 82 valence electrons. The number of hydrogen-bond donors (Lipinski definition) is 3. The van der Waals surface area contributed by atoms with Gasteiger partial charge in [-0.3, -0.25) is 0 Å². The molecule has 2 aromatic carbocycles. The molecule has 0 amide bonds. The molecule has 0 saturated heterocycles. The summed E-state index contributed by atoms with van der Waals surface area (Å²) in [6.45, 7) is -0.0310. The number of phenols is 1. The first kappa shape index (κ1) is 10.5. The van der Waals surface area contributed by atoms with Crippen molar-refractivity contribution in [1.29, 1.82) is 0 Å². The highest BCUT2D eigenvalue weighted by Gasteiger charge is 2.03. The van der Waals surface area contributed by atoms with Crippen LogP contribution in [0.3, 0.4) is 0 Å². The second-order valence-electron chi connectivity index (χ2n) is 3.46. The van der Waals surface area contributed by atoms with Gasteiger partial charge in [0, 0.05) is 11.3 Å². The van der Waals surface area contributed by atoms with Crippen molar-refractivity contribution in [3.63, 3.8) is 0 Å². The molecule has 0 spiro atoms. The summed E-state index contributed by atoms with van der Waals surface area (Å²) in [7, 11) is 0. The van der Waals surface area contributed by atoms with Crippen LogP contribution in [0.5, 0.6) is 5.75 Å². The molecule has 3 heteroatoms. The Bertz CT molecular complexity index is 483. The molecule has 0 bridgehead atoms. The minimum absolute atomic E-state index is 0.0310. The van der Waals surface area contributed by atoms with E-state index in [9.17, 15) is 5.11 Å². The SMILES string of the molecule is OCc1ccccc1Nc1ccccc1O. The molecule has 0 radical (unpaired) electrons. The van der Waals surface area contributed by atoms with Crippen LogP contribution in [0.2, 0.25) is 0 Å². The van der Waals surface area contributed by atoms with E-state index in [0.717, 1.165) is 11.3 Å². The van der Waals surface area contributed by atoms with E-state index in [-0.39, 0.29) is 12.4 Å². The number of rotatable bonds is 3. The van der Waals surface area contributed by atoms with Crippen molar-refractivity contribution in [3.05, 3.63) is 54.1 Å². The molecule has 0 aliphatic heterocycles. The van der Waals surface area contributed by atoms with Gasteiger partial charge in [-0.25, -0.2) is 0 Å². The van der Waals surface area contributed by atoms with Crippen molar-refractivity contribution >= 4 is 11.4 Å². The highest BCUT2D eigenvalue weighted by Crippen LogP contribution is 2.27. The van der Waals surface area contributed by atoms with Crippen molar-refractivity contribution in [2.45, 2.75) is 6.61 Å². The van der Waals surface area contributed by atoms with Gasteiger partial charge in [-0.15, -0.1) is 0 Å². The number of aliphatic hydroxyl groups is 1. The Hall–Kier alpha value is -2.00. The fourth-order valence-corrected chi connectivity index (χ4v) is 1.50. The summed E-state index contributed by atoms with van der Waals surface area (Å²) in [6.07, 6.45) is 0. The smallest absolute Gasteiger partial charge is 0.139 e. The van der Waals surface area contributed by atoms with Crippen molar-refractivity contribution in [1.82, 2.24) is 0 Å². The maximum Gasteiger partial charge on any atom is 0.139 e. The summed E-state index contributed by atoms with van der Waals surface area (Å²) in [4.78, 5) is 0. The molecular formula is C13H13NO2. The first-order chi connectivity index (χ1) is 7.81. The zero-order valence-electron chi connectivity index (χ0n) is 8.72. The van der Waals surface area contributed by atoms with E-state index < -0.39 is 0 Å². The largest absolute Gasteiger partial charge is 0.506 e. The topological polar surface area (TPSA) is 52.5 Å². The average Bonchev–Trinajstić information content (AvgIpc) is 2.33. The first-order valence-corrected chi connectivity index (χ1v) is 5.05. The van der Waals surface area contributed by atoms with Crippen molar-refractivity contribution in [3.8, 4) is 5.75 Å². The Morgan fingerprint density at radius 1 is 0.875 bits per heavy atom. The molecular weight excluding hydrogens is 202 g/mol. The van der Waals surface area contributed by atoms with E-state index in [1.54, 1.807) is 18.2 Å². The second kappa shape index (κ2) is 4.68. The van der Waals surface area contributed by atoms with E-state index >= 15 is 0 Å². The maximum atomic E-state index is 9.61. The molecule has 0 fully saturated rings. The van der Waals surface area contributed by atoms with E-state index in [2.05, 4.69) is 5.32 Å². The third kappa shape index (κ3) is 2.15. The molecule has 0 saturated carbocycles. The molecule has 0 atom stereocenters. The number of nitrogens with one attached hydrogen (secondary N) is 1. The number of para-hydroxylation sites is 3. The highest BCUT2D eigenvalue weighted by atomic mass is 16.3. The van der Waals surface area contributed by atoms with Gasteiger partial charge in [0.2, 0.25) is 0 Å². The summed E-state index contributed by atoms with van der Waals surface area (Å²) in [5.74, 6) is 0.190. The summed E-state index contributed by atoms with van der Waals surface area (Å²) in [5, 5.41) is 21.9. The number of benzene rings is 2. The molecule has 0 aliphatic carbocycles. The molecule has 3 nitrogen and oxygen atoms in total. The molecule has 0 aliphatic rings. The van der Waals surface area contributed by atoms with Crippen molar-refractivity contribution in [2.75, 3.05) is 5.32 Å². The molecule has 3 N–H and O–H groups in total. The number of aromatic hydroxyl groups is 1. The standard InChI is InChI=1S/C13H13NO2/c15-9-10-5-1-2-6-11(10)14-12-7-3-4-8-13(12)16/h1-8,14-16H,9H2. The normalized spacial score (nSPS) is 10.1. The number of anilines is 2. The zero-order chi connectivity index (χ0) is 11.4. The van der Waals surface area contributed by atoms with Gasteiger partial charge < -0.3 is 15.5 Å². The Kier molecular flexibility index (Phi) is 3.08. The van der Waals surface area contributed by atoms with E-state index in [1.807, 2.05) is 30.3 Å². The number of phenolic OH excluding ortho intramolecular Hbond substituents is 1. The lowest BCUT2D eigenvalue weighted by Gasteiger charge is -2.11. The molecule has 16 heavy (non-hydrogen) atoms. The van der Waals surface area contributed by atoms with Gasteiger partial charge in [-0.1, -0.05) is 30.3 Å². The van der Waals surface area contributed by atoms with Gasteiger partial charge in [0.05, 0.1) is 12.3 Å². The Morgan fingerprint density at radius 2 is 1.50 bits per heavy atom. The van der Waals surface area contributed by atoms with Crippen LogP contribution >= 0.6 is 0 Å². The Labute approximate surface area is 94.0 Å². The number of hydrogen-bond acceptors (Lipinski definition) is 3. The van der Waals surface area contributed by atoms with Crippen LogP contribution in [0, 0.1) is 0 Å². The fraction of sp³-hybridized carbons (Fsp3) is 0.0769. The van der Waals surface area contributed by atoms with Crippen LogP contribution in [0.1, 0.15) is 5.56 Å². The molecule has 2 aromatic rings. The minimum atomic E-state index is -0.0310. The van der Waals surface area contributed by atoms with Crippen LogP contribution in [-0.2, 0) is 6.61 Å². The molecule has 2 rings (SSSR count). The van der Waals surface area contributed by atoms with Gasteiger partial charge >= 0.3 is 0 Å². The molecule has 0 aromatic heterocycles. The van der Waals surface area contributed by atoms with Gasteiger partial charge in [0.25, 0.3) is 0 Å². The van der Waals surface area contributed by atoms with Crippen molar-refractivity contribution in [2.24, 2.45) is 0 Å². The fourth-order valence-electron chi connectivity index (χ4n) is 1.50. The lowest BCUT2D eigenvalue weighted by atomic mass is 10.2. The minimum Gasteiger partial charge on any atom is -0.506 e. The van der Waals surface area contributed by atoms with E-state index in [1.165, 1.54) is 0 Å². The predicted octanol–water partition coefficient (Wildman–Crippen LogP) is 2.63. The van der Waals surface area contributed by atoms with E-state index in [4.69, 9.17) is 5.11 Å². The average molecular weight is 215 g/mol. The maximum absolute atomic E-state index is 9.61. The van der Waals surface area contributed by atoms with Crippen LogP contribution in [0.4, 0.5) is 11.4 Å². The van der Waals surface area contributed by atoms with Crippen LogP contribution in [-0.4, -0.2) is 10.2 Å². The highest BCUT2D eigenvalue weighted by molar-refractivity contribution is 5.67. The quantitative estimate of drug-likeness (QED) is 0.690. The van der Waals surface area contributed by atoms with Gasteiger partial charge in [-0.2, -0.15) is 0 Å².